The number of methoxy groups -OCH3 is 1. The molecule has 4 heterocycles. The molecule has 39 heavy (non-hydrogen) atoms. The molecular weight excluding hydrogens is 520 g/mol. The van der Waals surface area contributed by atoms with Crippen molar-refractivity contribution in [2.45, 2.75) is 26.7 Å². The van der Waals surface area contributed by atoms with E-state index in [0.717, 1.165) is 21.4 Å². The molecule has 0 aliphatic carbocycles. The summed E-state index contributed by atoms with van der Waals surface area (Å²) in [5.41, 5.74) is 7.82. The van der Waals surface area contributed by atoms with E-state index in [2.05, 4.69) is 19.9 Å². The molecule has 1 saturated heterocycles. The molecule has 0 spiro atoms. The van der Waals surface area contributed by atoms with Crippen LogP contribution in [0.1, 0.15) is 26.7 Å². The summed E-state index contributed by atoms with van der Waals surface area (Å²) < 4.78 is 6.01. The highest BCUT2D eigenvalue weighted by Crippen LogP contribution is 2.39. The quantitative estimate of drug-likeness (QED) is 0.347. The molecule has 1 aliphatic rings. The molecule has 0 atom stereocenters. The highest BCUT2D eigenvalue weighted by atomic mass is 32.1. The summed E-state index contributed by atoms with van der Waals surface area (Å²) in [5, 5.41) is 9.98. The Morgan fingerprint density at radius 1 is 1.10 bits per heavy atom. The number of benzene rings is 1. The standard InChI is InChI=1S/C26H28N8O4S/c1-4-34(23(27)37)25-32-19-10-15(9-18(20(19)39-25)21-28-13-17(38-3)14-29-21)16-11-30-24(31-12-16)33-7-5-26(2,6-8-33)22(35)36/h9-14H,4-8H2,1-3H3,(H2,27,37)(H,35,36). The number of thiazole rings is 1. The van der Waals surface area contributed by atoms with E-state index in [1.807, 2.05) is 24.0 Å². The zero-order chi connectivity index (χ0) is 27.7. The minimum absolute atomic E-state index is 0.383. The van der Waals surface area contributed by atoms with Gasteiger partial charge in [-0.15, -0.1) is 0 Å². The fourth-order valence-electron chi connectivity index (χ4n) is 4.46. The van der Waals surface area contributed by atoms with Crippen LogP contribution in [0.15, 0.2) is 36.9 Å². The average molecular weight is 549 g/mol. The summed E-state index contributed by atoms with van der Waals surface area (Å²) in [6.45, 7) is 5.14. The van der Waals surface area contributed by atoms with Gasteiger partial charge in [-0.3, -0.25) is 9.69 Å². The largest absolute Gasteiger partial charge is 0.494 e. The molecule has 0 radical (unpaired) electrons. The summed E-state index contributed by atoms with van der Waals surface area (Å²) in [4.78, 5) is 49.8. The molecule has 4 aromatic rings. The minimum atomic E-state index is -0.770. The van der Waals surface area contributed by atoms with E-state index < -0.39 is 17.4 Å². The van der Waals surface area contributed by atoms with Crippen molar-refractivity contribution in [3.8, 4) is 28.3 Å². The van der Waals surface area contributed by atoms with E-state index in [9.17, 15) is 14.7 Å². The maximum atomic E-state index is 12.0. The minimum Gasteiger partial charge on any atom is -0.494 e. The number of anilines is 2. The Bertz CT molecular complexity index is 1520. The predicted octanol–water partition coefficient (Wildman–Crippen LogP) is 3.82. The number of urea groups is 1. The number of nitrogens with zero attached hydrogens (tertiary/aromatic N) is 7. The topological polar surface area (TPSA) is 161 Å². The predicted molar refractivity (Wildman–Crippen MR) is 148 cm³/mol. The Hall–Kier alpha value is -4.39. The molecule has 0 bridgehead atoms. The van der Waals surface area contributed by atoms with E-state index in [4.69, 9.17) is 15.5 Å². The number of piperidine rings is 1. The van der Waals surface area contributed by atoms with E-state index in [1.165, 1.54) is 16.2 Å². The number of ether oxygens (including phenoxy) is 1. The van der Waals surface area contributed by atoms with Crippen molar-refractivity contribution in [2.75, 3.05) is 36.5 Å². The van der Waals surface area contributed by atoms with Crippen molar-refractivity contribution in [1.82, 2.24) is 24.9 Å². The van der Waals surface area contributed by atoms with Crippen LogP contribution in [-0.2, 0) is 4.79 Å². The number of hydrogen-bond donors (Lipinski definition) is 2. The number of carboxylic acid groups (broad SMARTS) is 1. The second-order valence-electron chi connectivity index (χ2n) is 9.52. The number of carbonyl (C=O) groups is 2. The van der Waals surface area contributed by atoms with Gasteiger partial charge in [0.1, 0.15) is 0 Å². The van der Waals surface area contributed by atoms with Crippen LogP contribution in [-0.4, -0.2) is 68.8 Å². The molecule has 0 unspecified atom stereocenters. The van der Waals surface area contributed by atoms with E-state index in [1.54, 1.807) is 38.8 Å². The lowest BCUT2D eigenvalue weighted by Gasteiger charge is -2.36. The van der Waals surface area contributed by atoms with Crippen LogP contribution in [0, 0.1) is 5.41 Å². The molecule has 3 aromatic heterocycles. The summed E-state index contributed by atoms with van der Waals surface area (Å²) >= 11 is 1.34. The van der Waals surface area contributed by atoms with Gasteiger partial charge in [-0.1, -0.05) is 11.3 Å². The summed E-state index contributed by atoms with van der Waals surface area (Å²) in [6.07, 6.45) is 7.72. The maximum absolute atomic E-state index is 12.0. The highest BCUT2D eigenvalue weighted by molar-refractivity contribution is 7.23. The van der Waals surface area contributed by atoms with Gasteiger partial charge >= 0.3 is 12.0 Å². The molecule has 1 aliphatic heterocycles. The van der Waals surface area contributed by atoms with Gasteiger partial charge in [0, 0.05) is 43.2 Å². The van der Waals surface area contributed by atoms with Gasteiger partial charge in [-0.05, 0) is 44.4 Å². The number of fused-ring (bicyclic) bond motifs is 1. The van der Waals surface area contributed by atoms with Gasteiger partial charge < -0.3 is 20.5 Å². The lowest BCUT2D eigenvalue weighted by atomic mass is 9.80. The van der Waals surface area contributed by atoms with Gasteiger partial charge in [-0.2, -0.15) is 0 Å². The van der Waals surface area contributed by atoms with Gasteiger partial charge in [-0.25, -0.2) is 29.7 Å². The number of primary amides is 1. The molecule has 1 aromatic carbocycles. The number of aromatic nitrogens is 5. The molecule has 1 fully saturated rings. The first-order valence-corrected chi connectivity index (χ1v) is 13.2. The Kier molecular flexibility index (Phi) is 7.00. The van der Waals surface area contributed by atoms with Crippen molar-refractivity contribution in [3.63, 3.8) is 0 Å². The number of hydrogen-bond acceptors (Lipinski definition) is 10. The third-order valence-corrected chi connectivity index (χ3v) is 8.16. The van der Waals surface area contributed by atoms with Crippen LogP contribution < -0.4 is 20.3 Å². The van der Waals surface area contributed by atoms with Crippen LogP contribution >= 0.6 is 11.3 Å². The van der Waals surface area contributed by atoms with Gasteiger partial charge in [0.2, 0.25) is 5.95 Å². The fraction of sp³-hybridized carbons (Fsp3) is 0.346. The number of aliphatic carboxylic acids is 1. The molecule has 0 saturated carbocycles. The molecule has 3 N–H and O–H groups in total. The highest BCUT2D eigenvalue weighted by Gasteiger charge is 2.37. The Labute approximate surface area is 228 Å². The van der Waals surface area contributed by atoms with E-state index in [-0.39, 0.29) is 0 Å². The molecule has 12 nitrogen and oxygen atoms in total. The summed E-state index contributed by atoms with van der Waals surface area (Å²) in [7, 11) is 1.55. The normalized spacial score (nSPS) is 14.8. The Morgan fingerprint density at radius 3 is 2.33 bits per heavy atom. The third-order valence-electron chi connectivity index (χ3n) is 7.03. The first-order valence-electron chi connectivity index (χ1n) is 12.4. The SMILES string of the molecule is CCN(C(N)=O)c1nc2cc(-c3cnc(N4CCC(C)(C(=O)O)CC4)nc3)cc(-c3ncc(OC)cn3)c2s1. The molecule has 202 valence electrons. The smallest absolute Gasteiger partial charge is 0.321 e. The van der Waals surface area contributed by atoms with Crippen LogP contribution in [0.3, 0.4) is 0 Å². The number of nitrogens with two attached hydrogens (primary N) is 1. The van der Waals surface area contributed by atoms with Crippen molar-refractivity contribution in [3.05, 3.63) is 36.9 Å². The molecule has 5 rings (SSSR count). The average Bonchev–Trinajstić information content (AvgIpc) is 3.37. The van der Waals surface area contributed by atoms with Crippen molar-refractivity contribution >= 4 is 44.6 Å². The zero-order valence-corrected chi connectivity index (χ0v) is 22.6. The van der Waals surface area contributed by atoms with Crippen LogP contribution in [0.4, 0.5) is 15.9 Å². The number of amides is 2. The van der Waals surface area contributed by atoms with Crippen LogP contribution in [0.25, 0.3) is 32.7 Å². The lowest BCUT2D eigenvalue weighted by molar-refractivity contribution is -0.149. The Morgan fingerprint density at radius 2 is 1.77 bits per heavy atom. The van der Waals surface area contributed by atoms with Crippen LogP contribution in [0.2, 0.25) is 0 Å². The van der Waals surface area contributed by atoms with Gasteiger partial charge in [0.25, 0.3) is 0 Å². The zero-order valence-electron chi connectivity index (χ0n) is 21.8. The number of carboxylic acids is 1. The summed E-state index contributed by atoms with van der Waals surface area (Å²) in [6, 6.07) is 3.28. The van der Waals surface area contributed by atoms with Crippen molar-refractivity contribution in [2.24, 2.45) is 11.1 Å². The van der Waals surface area contributed by atoms with E-state index >= 15 is 0 Å². The molecule has 13 heteroatoms. The van der Waals surface area contributed by atoms with Gasteiger partial charge in [0.05, 0.1) is 35.1 Å². The number of rotatable bonds is 7. The second kappa shape index (κ2) is 10.4. The Balaban J connectivity index is 1.52. The van der Waals surface area contributed by atoms with Gasteiger partial charge in [0.15, 0.2) is 16.7 Å². The van der Waals surface area contributed by atoms with Crippen molar-refractivity contribution in [1.29, 1.82) is 0 Å². The fourth-order valence-corrected chi connectivity index (χ4v) is 5.59. The summed E-state index contributed by atoms with van der Waals surface area (Å²) in [5.74, 6) is 0.801. The third kappa shape index (κ3) is 5.04. The van der Waals surface area contributed by atoms with Crippen molar-refractivity contribution < 1.29 is 19.4 Å². The molecular formula is C26H28N8O4S. The first-order chi connectivity index (χ1) is 18.7. The monoisotopic (exact) mass is 548 g/mol. The lowest BCUT2D eigenvalue weighted by Crippen LogP contribution is -2.43. The second-order valence-corrected chi connectivity index (χ2v) is 10.5. The maximum Gasteiger partial charge on any atom is 0.321 e. The number of carbonyl (C=O) groups excluding carboxylic acids is 1. The van der Waals surface area contributed by atoms with Crippen LogP contribution in [0.5, 0.6) is 5.75 Å². The molecule has 2 amide bonds. The van der Waals surface area contributed by atoms with E-state index in [0.29, 0.717) is 60.6 Å². The first kappa shape index (κ1) is 26.2.